The molecule has 16 heavy (non-hydrogen) atoms. The van der Waals surface area contributed by atoms with E-state index in [1.165, 1.54) is 0 Å². The molecule has 3 nitrogen and oxygen atoms in total. The molecule has 0 aromatic heterocycles. The summed E-state index contributed by atoms with van der Waals surface area (Å²) in [5.41, 5.74) is 5.95. The number of aliphatic hydroxyl groups is 1. The van der Waals surface area contributed by atoms with Crippen LogP contribution in [0.4, 0.5) is 5.69 Å². The van der Waals surface area contributed by atoms with Crippen LogP contribution in [-0.2, 0) is 0 Å². The number of anilines is 1. The fraction of sp³-hybridized carbons (Fsp3) is 0.250. The van der Waals surface area contributed by atoms with E-state index in [0.29, 0.717) is 0 Å². The van der Waals surface area contributed by atoms with Crippen molar-refractivity contribution >= 4 is 23.0 Å². The van der Waals surface area contributed by atoms with Crippen LogP contribution in [0, 0.1) is 11.8 Å². The largest absolute Gasteiger partial charge is 0.378 e. The Kier molecular flexibility index (Phi) is 3.88. The summed E-state index contributed by atoms with van der Waals surface area (Å²) in [6, 6.07) is 7.35. The van der Waals surface area contributed by atoms with Crippen LogP contribution in [0.1, 0.15) is 19.4 Å². The Labute approximate surface area is 101 Å². The van der Waals surface area contributed by atoms with E-state index in [4.69, 9.17) is 18.0 Å². The average Bonchev–Trinajstić information content (AvgIpc) is 2.13. The minimum Gasteiger partial charge on any atom is -0.378 e. The zero-order valence-corrected chi connectivity index (χ0v) is 10.1. The van der Waals surface area contributed by atoms with E-state index >= 15 is 0 Å². The predicted molar refractivity (Wildman–Crippen MR) is 70.0 cm³/mol. The smallest absolute Gasteiger partial charge is 0.168 e. The molecule has 1 aromatic carbocycles. The van der Waals surface area contributed by atoms with Gasteiger partial charge in [-0.2, -0.15) is 0 Å². The highest BCUT2D eigenvalue weighted by molar-refractivity contribution is 7.80. The van der Waals surface area contributed by atoms with Crippen LogP contribution in [0.5, 0.6) is 0 Å². The number of nitrogens with one attached hydrogen (secondary N) is 1. The van der Waals surface area contributed by atoms with Gasteiger partial charge in [-0.05, 0) is 44.3 Å². The lowest BCUT2D eigenvalue weighted by Crippen LogP contribution is -2.18. The van der Waals surface area contributed by atoms with Crippen LogP contribution >= 0.6 is 12.2 Å². The van der Waals surface area contributed by atoms with Gasteiger partial charge in [-0.1, -0.05) is 17.9 Å². The summed E-state index contributed by atoms with van der Waals surface area (Å²) >= 11 is 4.74. The van der Waals surface area contributed by atoms with Gasteiger partial charge >= 0.3 is 0 Å². The Balaban J connectivity index is 2.89. The third kappa shape index (κ3) is 4.78. The van der Waals surface area contributed by atoms with Crippen molar-refractivity contribution in [2.75, 3.05) is 5.32 Å². The molecule has 0 radical (unpaired) electrons. The number of nitrogens with two attached hydrogens (primary N) is 1. The topological polar surface area (TPSA) is 58.3 Å². The molecule has 0 aliphatic rings. The molecular formula is C12H14N2OS. The van der Waals surface area contributed by atoms with Crippen molar-refractivity contribution in [1.82, 2.24) is 0 Å². The zero-order valence-electron chi connectivity index (χ0n) is 9.24. The number of benzene rings is 1. The Bertz CT molecular complexity index is 452. The molecule has 0 amide bonds. The number of hydrogen-bond donors (Lipinski definition) is 3. The van der Waals surface area contributed by atoms with Crippen molar-refractivity contribution in [1.29, 1.82) is 0 Å². The second-order valence-electron chi connectivity index (χ2n) is 3.88. The van der Waals surface area contributed by atoms with E-state index in [2.05, 4.69) is 17.2 Å². The predicted octanol–water partition coefficient (Wildman–Crippen LogP) is 1.46. The van der Waals surface area contributed by atoms with Crippen LogP contribution in [-0.4, -0.2) is 15.8 Å². The molecule has 0 saturated carbocycles. The summed E-state index contributed by atoms with van der Waals surface area (Å²) in [5, 5.41) is 12.5. The van der Waals surface area contributed by atoms with Crippen LogP contribution in [0.25, 0.3) is 0 Å². The SMILES string of the molecule is CC(C)(O)C#Cc1cccc(NC(N)=S)c1. The van der Waals surface area contributed by atoms with Gasteiger partial charge in [0.15, 0.2) is 5.11 Å². The zero-order chi connectivity index (χ0) is 12.2. The lowest BCUT2D eigenvalue weighted by atomic mass is 10.1. The summed E-state index contributed by atoms with van der Waals surface area (Å²) < 4.78 is 0. The van der Waals surface area contributed by atoms with Gasteiger partial charge in [-0.15, -0.1) is 0 Å². The van der Waals surface area contributed by atoms with Crippen molar-refractivity contribution in [2.24, 2.45) is 5.73 Å². The molecule has 0 aliphatic carbocycles. The average molecular weight is 234 g/mol. The molecule has 84 valence electrons. The summed E-state index contributed by atoms with van der Waals surface area (Å²) in [7, 11) is 0. The molecule has 0 fully saturated rings. The fourth-order valence-corrected chi connectivity index (χ4v) is 1.16. The molecular weight excluding hydrogens is 220 g/mol. The Morgan fingerprint density at radius 3 is 2.75 bits per heavy atom. The number of rotatable bonds is 1. The second-order valence-corrected chi connectivity index (χ2v) is 4.32. The quantitative estimate of drug-likeness (QED) is 0.508. The molecule has 1 rings (SSSR count). The van der Waals surface area contributed by atoms with Gasteiger partial charge in [0.05, 0.1) is 0 Å². The Morgan fingerprint density at radius 2 is 2.19 bits per heavy atom. The van der Waals surface area contributed by atoms with Gasteiger partial charge < -0.3 is 16.2 Å². The first-order valence-electron chi connectivity index (χ1n) is 4.79. The lowest BCUT2D eigenvalue weighted by molar-refractivity contribution is 0.143. The minimum atomic E-state index is -0.993. The van der Waals surface area contributed by atoms with Crippen molar-refractivity contribution in [2.45, 2.75) is 19.4 Å². The first kappa shape index (κ1) is 12.5. The summed E-state index contributed by atoms with van der Waals surface area (Å²) in [4.78, 5) is 0. The summed E-state index contributed by atoms with van der Waals surface area (Å²) in [5.74, 6) is 5.61. The minimum absolute atomic E-state index is 0.215. The maximum Gasteiger partial charge on any atom is 0.168 e. The first-order chi connectivity index (χ1) is 7.37. The summed E-state index contributed by atoms with van der Waals surface area (Å²) in [6.07, 6.45) is 0. The highest BCUT2D eigenvalue weighted by Crippen LogP contribution is 2.09. The first-order valence-corrected chi connectivity index (χ1v) is 5.20. The van der Waals surface area contributed by atoms with E-state index in [0.717, 1.165) is 11.3 Å². The van der Waals surface area contributed by atoms with Crippen molar-refractivity contribution in [3.05, 3.63) is 29.8 Å². The second kappa shape index (κ2) is 4.97. The Hall–Kier alpha value is -1.57. The van der Waals surface area contributed by atoms with E-state index in [1.54, 1.807) is 13.8 Å². The van der Waals surface area contributed by atoms with Gasteiger partial charge in [-0.3, -0.25) is 0 Å². The highest BCUT2D eigenvalue weighted by Gasteiger charge is 2.05. The van der Waals surface area contributed by atoms with Crippen LogP contribution in [0.3, 0.4) is 0 Å². The molecule has 0 spiro atoms. The molecule has 0 heterocycles. The normalized spacial score (nSPS) is 10.2. The third-order valence-corrected chi connectivity index (χ3v) is 1.74. The fourth-order valence-electron chi connectivity index (χ4n) is 1.04. The monoisotopic (exact) mass is 234 g/mol. The van der Waals surface area contributed by atoms with Gasteiger partial charge in [0.25, 0.3) is 0 Å². The van der Waals surface area contributed by atoms with Gasteiger partial charge in [0, 0.05) is 11.3 Å². The molecule has 0 atom stereocenters. The van der Waals surface area contributed by atoms with Gasteiger partial charge in [0.2, 0.25) is 0 Å². The Morgan fingerprint density at radius 1 is 1.50 bits per heavy atom. The maximum atomic E-state index is 9.46. The van der Waals surface area contributed by atoms with E-state index in [1.807, 2.05) is 24.3 Å². The van der Waals surface area contributed by atoms with E-state index in [9.17, 15) is 5.11 Å². The number of hydrogen-bond acceptors (Lipinski definition) is 2. The molecule has 0 bridgehead atoms. The van der Waals surface area contributed by atoms with Crippen LogP contribution in [0.2, 0.25) is 0 Å². The molecule has 0 unspecified atom stereocenters. The van der Waals surface area contributed by atoms with Crippen molar-refractivity contribution in [3.63, 3.8) is 0 Å². The highest BCUT2D eigenvalue weighted by atomic mass is 32.1. The van der Waals surface area contributed by atoms with Gasteiger partial charge in [0.1, 0.15) is 5.60 Å². The molecule has 1 aromatic rings. The van der Waals surface area contributed by atoms with Crippen LogP contribution in [0.15, 0.2) is 24.3 Å². The standard InChI is InChI=1S/C12H14N2OS/c1-12(2,15)7-6-9-4-3-5-10(8-9)14-11(13)16/h3-5,8,15H,1-2H3,(H3,13,14,16). The van der Waals surface area contributed by atoms with Crippen molar-refractivity contribution in [3.8, 4) is 11.8 Å². The van der Waals surface area contributed by atoms with Crippen LogP contribution < -0.4 is 11.1 Å². The molecule has 4 N–H and O–H groups in total. The van der Waals surface area contributed by atoms with E-state index < -0.39 is 5.60 Å². The maximum absolute atomic E-state index is 9.46. The molecule has 0 saturated heterocycles. The number of thiocarbonyl (C=S) groups is 1. The lowest BCUT2D eigenvalue weighted by Gasteiger charge is -2.06. The van der Waals surface area contributed by atoms with Crippen molar-refractivity contribution < 1.29 is 5.11 Å². The summed E-state index contributed by atoms with van der Waals surface area (Å²) in [6.45, 7) is 3.27. The van der Waals surface area contributed by atoms with E-state index in [-0.39, 0.29) is 5.11 Å². The van der Waals surface area contributed by atoms with Gasteiger partial charge in [-0.25, -0.2) is 0 Å². The third-order valence-electron chi connectivity index (χ3n) is 1.64. The molecule has 4 heteroatoms. The molecule has 0 aliphatic heterocycles.